The van der Waals surface area contributed by atoms with Crippen LogP contribution in [-0.2, 0) is 4.74 Å². The van der Waals surface area contributed by atoms with Gasteiger partial charge >= 0.3 is 6.36 Å². The molecule has 0 radical (unpaired) electrons. The van der Waals surface area contributed by atoms with Crippen LogP contribution in [-0.4, -0.2) is 19.0 Å². The van der Waals surface area contributed by atoms with Crippen molar-refractivity contribution in [3.63, 3.8) is 0 Å². The standard InChI is InChI=1S/C10H9F3N2O2/c11-10(12,13)17-7-3-1-2-6(4-7)8-5-16-9(14)15-8/h1-4,8H,5H2,(H2,14,15)/t8-/m1/s1. The van der Waals surface area contributed by atoms with E-state index in [1.165, 1.54) is 18.2 Å². The first kappa shape index (κ1) is 11.6. The lowest BCUT2D eigenvalue weighted by atomic mass is 10.1. The Kier molecular flexibility index (Phi) is 2.83. The van der Waals surface area contributed by atoms with Gasteiger partial charge in [0.05, 0.1) is 0 Å². The van der Waals surface area contributed by atoms with E-state index < -0.39 is 6.36 Å². The normalized spacial score (nSPS) is 19.7. The highest BCUT2D eigenvalue weighted by molar-refractivity contribution is 5.73. The molecule has 0 aliphatic carbocycles. The second-order valence-electron chi connectivity index (χ2n) is 3.41. The first-order chi connectivity index (χ1) is 7.94. The SMILES string of the molecule is NC1=N[C@@H](c2cccc(OC(F)(F)F)c2)CO1. The molecule has 0 unspecified atom stereocenters. The van der Waals surface area contributed by atoms with Gasteiger partial charge in [-0.2, -0.15) is 0 Å². The monoisotopic (exact) mass is 246 g/mol. The minimum atomic E-state index is -4.70. The first-order valence-electron chi connectivity index (χ1n) is 4.76. The molecule has 0 spiro atoms. The zero-order chi connectivity index (χ0) is 12.5. The zero-order valence-electron chi connectivity index (χ0n) is 8.57. The number of nitrogens with two attached hydrogens (primary N) is 1. The van der Waals surface area contributed by atoms with Crippen LogP contribution < -0.4 is 10.5 Å². The molecule has 1 aliphatic rings. The molecule has 0 aromatic heterocycles. The summed E-state index contributed by atoms with van der Waals surface area (Å²) in [6, 6.07) is 5.24. The minimum absolute atomic E-state index is 0.0390. The lowest BCUT2D eigenvalue weighted by Gasteiger charge is -2.11. The molecule has 2 rings (SSSR count). The quantitative estimate of drug-likeness (QED) is 0.867. The number of hydrogen-bond donors (Lipinski definition) is 1. The van der Waals surface area contributed by atoms with Gasteiger partial charge in [-0.25, -0.2) is 4.99 Å². The number of ether oxygens (including phenoxy) is 2. The molecule has 0 bridgehead atoms. The molecule has 1 atom stereocenters. The van der Waals surface area contributed by atoms with Gasteiger partial charge in [-0.05, 0) is 17.7 Å². The van der Waals surface area contributed by atoms with Crippen LogP contribution in [0.15, 0.2) is 29.3 Å². The highest BCUT2D eigenvalue weighted by atomic mass is 19.4. The number of amidine groups is 1. The van der Waals surface area contributed by atoms with Crippen LogP contribution in [0.4, 0.5) is 13.2 Å². The van der Waals surface area contributed by atoms with Gasteiger partial charge in [0.25, 0.3) is 6.02 Å². The van der Waals surface area contributed by atoms with Crippen molar-refractivity contribution in [3.05, 3.63) is 29.8 Å². The van der Waals surface area contributed by atoms with Crippen LogP contribution in [0.2, 0.25) is 0 Å². The summed E-state index contributed by atoms with van der Waals surface area (Å²) in [7, 11) is 0. The molecule has 1 aromatic rings. The van der Waals surface area contributed by atoms with Crippen LogP contribution >= 0.6 is 0 Å². The average molecular weight is 246 g/mol. The molecule has 1 aliphatic heterocycles. The Morgan fingerprint density at radius 1 is 1.41 bits per heavy atom. The van der Waals surface area contributed by atoms with Crippen LogP contribution in [0.5, 0.6) is 5.75 Å². The van der Waals surface area contributed by atoms with E-state index in [1.54, 1.807) is 6.07 Å². The molecule has 1 heterocycles. The van der Waals surface area contributed by atoms with Gasteiger partial charge in [-0.1, -0.05) is 12.1 Å². The molecule has 7 heteroatoms. The number of alkyl halides is 3. The van der Waals surface area contributed by atoms with E-state index in [0.717, 1.165) is 0 Å². The Balaban J connectivity index is 2.17. The second kappa shape index (κ2) is 4.15. The van der Waals surface area contributed by atoms with Gasteiger partial charge in [-0.15, -0.1) is 13.2 Å². The Morgan fingerprint density at radius 3 is 2.76 bits per heavy atom. The summed E-state index contributed by atoms with van der Waals surface area (Å²) in [5.41, 5.74) is 5.88. The maximum absolute atomic E-state index is 12.0. The van der Waals surface area contributed by atoms with Crippen molar-refractivity contribution in [2.24, 2.45) is 10.7 Å². The summed E-state index contributed by atoms with van der Waals surface area (Å²) in [6.45, 7) is 0.224. The van der Waals surface area contributed by atoms with Crippen molar-refractivity contribution in [1.29, 1.82) is 0 Å². The zero-order valence-corrected chi connectivity index (χ0v) is 8.57. The molecule has 0 amide bonds. The van der Waals surface area contributed by atoms with Crippen molar-refractivity contribution in [3.8, 4) is 5.75 Å². The minimum Gasteiger partial charge on any atom is -0.463 e. The summed E-state index contributed by atoms with van der Waals surface area (Å²) in [5, 5.41) is 0. The van der Waals surface area contributed by atoms with Crippen molar-refractivity contribution in [2.45, 2.75) is 12.4 Å². The molecule has 2 N–H and O–H groups in total. The fraction of sp³-hybridized carbons (Fsp3) is 0.300. The van der Waals surface area contributed by atoms with Gasteiger partial charge in [0.2, 0.25) is 0 Å². The van der Waals surface area contributed by atoms with E-state index in [1.807, 2.05) is 0 Å². The Hall–Kier alpha value is -1.92. The number of aliphatic imine (C=N–C) groups is 1. The fourth-order valence-corrected chi connectivity index (χ4v) is 1.48. The van der Waals surface area contributed by atoms with Crippen molar-refractivity contribution in [1.82, 2.24) is 0 Å². The third kappa shape index (κ3) is 3.02. The third-order valence-electron chi connectivity index (χ3n) is 2.15. The summed E-state index contributed by atoms with van der Waals surface area (Å²) < 4.78 is 44.8. The maximum atomic E-state index is 12.0. The molecule has 0 saturated carbocycles. The predicted octanol–water partition coefficient (Wildman–Crippen LogP) is 1.97. The van der Waals surface area contributed by atoms with Crippen LogP contribution in [0, 0.1) is 0 Å². The molecule has 1 aromatic carbocycles. The number of nitrogens with zero attached hydrogens (tertiary/aromatic N) is 1. The Morgan fingerprint density at radius 2 is 2.18 bits per heavy atom. The van der Waals surface area contributed by atoms with E-state index in [4.69, 9.17) is 10.5 Å². The van der Waals surface area contributed by atoms with E-state index in [9.17, 15) is 13.2 Å². The third-order valence-corrected chi connectivity index (χ3v) is 2.15. The first-order valence-corrected chi connectivity index (χ1v) is 4.76. The smallest absolute Gasteiger partial charge is 0.463 e. The molecule has 92 valence electrons. The summed E-state index contributed by atoms with van der Waals surface area (Å²) >= 11 is 0. The highest BCUT2D eigenvalue weighted by Gasteiger charge is 2.31. The lowest BCUT2D eigenvalue weighted by Crippen LogP contribution is -2.17. The second-order valence-corrected chi connectivity index (χ2v) is 3.41. The largest absolute Gasteiger partial charge is 0.573 e. The van der Waals surface area contributed by atoms with Crippen LogP contribution in [0.25, 0.3) is 0 Å². The Labute approximate surface area is 94.8 Å². The summed E-state index contributed by atoms with van der Waals surface area (Å²) in [6.07, 6.45) is -4.70. The number of halogens is 3. The Bertz CT molecular complexity index is 445. The van der Waals surface area contributed by atoms with Crippen molar-refractivity contribution in [2.75, 3.05) is 6.61 Å². The molecular formula is C10H9F3N2O2. The average Bonchev–Trinajstić information content (AvgIpc) is 2.63. The van der Waals surface area contributed by atoms with E-state index in [0.29, 0.717) is 5.56 Å². The maximum Gasteiger partial charge on any atom is 0.573 e. The van der Waals surface area contributed by atoms with Gasteiger partial charge in [-0.3, -0.25) is 0 Å². The van der Waals surface area contributed by atoms with Gasteiger partial charge in [0, 0.05) is 0 Å². The van der Waals surface area contributed by atoms with Gasteiger partial charge in [0.1, 0.15) is 18.4 Å². The summed E-state index contributed by atoms with van der Waals surface area (Å²) in [5.74, 6) is -0.282. The molecule has 17 heavy (non-hydrogen) atoms. The van der Waals surface area contributed by atoms with E-state index >= 15 is 0 Å². The molecule has 4 nitrogen and oxygen atoms in total. The number of hydrogen-bond acceptors (Lipinski definition) is 4. The van der Waals surface area contributed by atoms with Crippen LogP contribution in [0.1, 0.15) is 11.6 Å². The van der Waals surface area contributed by atoms with Crippen molar-refractivity contribution >= 4 is 6.02 Å². The molecular weight excluding hydrogens is 237 g/mol. The van der Waals surface area contributed by atoms with Crippen LogP contribution in [0.3, 0.4) is 0 Å². The van der Waals surface area contributed by atoms with E-state index in [2.05, 4.69) is 9.73 Å². The fourth-order valence-electron chi connectivity index (χ4n) is 1.48. The number of rotatable bonds is 2. The summed E-state index contributed by atoms with van der Waals surface area (Å²) in [4.78, 5) is 3.93. The predicted molar refractivity (Wildman–Crippen MR) is 53.4 cm³/mol. The van der Waals surface area contributed by atoms with Gasteiger partial charge < -0.3 is 15.2 Å². The van der Waals surface area contributed by atoms with E-state index in [-0.39, 0.29) is 24.4 Å². The molecule has 0 fully saturated rings. The lowest BCUT2D eigenvalue weighted by molar-refractivity contribution is -0.274. The number of benzene rings is 1. The molecule has 0 saturated heterocycles. The van der Waals surface area contributed by atoms with Crippen molar-refractivity contribution < 1.29 is 22.6 Å². The highest BCUT2D eigenvalue weighted by Crippen LogP contribution is 2.28. The van der Waals surface area contributed by atoms with Gasteiger partial charge in [0.15, 0.2) is 0 Å². The topological polar surface area (TPSA) is 56.8 Å².